The van der Waals surface area contributed by atoms with E-state index >= 15 is 0 Å². The highest BCUT2D eigenvalue weighted by atomic mass is 32.1. The van der Waals surface area contributed by atoms with Crippen molar-refractivity contribution < 1.29 is 0 Å². The van der Waals surface area contributed by atoms with Crippen LogP contribution in [0, 0.1) is 6.92 Å². The van der Waals surface area contributed by atoms with E-state index < -0.39 is 0 Å². The highest BCUT2D eigenvalue weighted by molar-refractivity contribution is 7.13. The van der Waals surface area contributed by atoms with Crippen molar-refractivity contribution in [3.05, 3.63) is 53.3 Å². The van der Waals surface area contributed by atoms with Crippen LogP contribution in [-0.4, -0.2) is 0 Å². The lowest BCUT2D eigenvalue weighted by atomic mass is 10.2. The van der Waals surface area contributed by atoms with Crippen LogP contribution in [0.3, 0.4) is 0 Å². The van der Waals surface area contributed by atoms with E-state index in [2.05, 4.69) is 32.2 Å². The SMILES string of the molecule is C=C/C=C(\C=C)c1ccc(C)s1. The maximum absolute atomic E-state index is 3.76. The molecule has 0 aliphatic carbocycles. The van der Waals surface area contributed by atoms with E-state index in [1.807, 2.05) is 12.2 Å². The molecule has 0 saturated heterocycles. The van der Waals surface area contributed by atoms with Gasteiger partial charge in [0.25, 0.3) is 0 Å². The van der Waals surface area contributed by atoms with E-state index in [0.29, 0.717) is 0 Å². The molecule has 1 heterocycles. The number of aryl methyl sites for hydroxylation is 1. The summed E-state index contributed by atoms with van der Waals surface area (Å²) in [5.41, 5.74) is 1.14. The van der Waals surface area contributed by atoms with Gasteiger partial charge in [-0.1, -0.05) is 31.4 Å². The lowest BCUT2D eigenvalue weighted by Crippen LogP contribution is -1.70. The molecule has 1 aromatic rings. The summed E-state index contributed by atoms with van der Waals surface area (Å²) in [6.45, 7) is 9.52. The summed E-state index contributed by atoms with van der Waals surface area (Å²) in [6, 6.07) is 4.22. The van der Waals surface area contributed by atoms with Crippen LogP contribution >= 0.6 is 11.3 Å². The molecule has 1 rings (SSSR count). The summed E-state index contributed by atoms with van der Waals surface area (Å²) >= 11 is 1.77. The fourth-order valence-corrected chi connectivity index (χ4v) is 1.86. The van der Waals surface area contributed by atoms with Gasteiger partial charge in [-0.2, -0.15) is 0 Å². The minimum atomic E-state index is 1.14. The fraction of sp³-hybridized carbons (Fsp3) is 0.0909. The van der Waals surface area contributed by atoms with Gasteiger partial charge >= 0.3 is 0 Å². The Kier molecular flexibility index (Phi) is 3.06. The van der Waals surface area contributed by atoms with Crippen LogP contribution in [0.1, 0.15) is 9.75 Å². The molecule has 0 aliphatic heterocycles. The summed E-state index contributed by atoms with van der Waals surface area (Å²) in [5.74, 6) is 0. The largest absolute Gasteiger partial charge is 0.141 e. The summed E-state index contributed by atoms with van der Waals surface area (Å²) in [6.07, 6.45) is 5.61. The molecule has 0 unspecified atom stereocenters. The number of thiophene rings is 1. The average Bonchev–Trinajstić information content (AvgIpc) is 2.47. The first-order chi connectivity index (χ1) is 5.77. The molecule has 0 bridgehead atoms. The Morgan fingerprint density at radius 3 is 2.58 bits per heavy atom. The van der Waals surface area contributed by atoms with E-state index in [1.165, 1.54) is 9.75 Å². The van der Waals surface area contributed by atoms with Gasteiger partial charge in [-0.3, -0.25) is 0 Å². The zero-order valence-electron chi connectivity index (χ0n) is 7.21. The molecule has 0 fully saturated rings. The van der Waals surface area contributed by atoms with Crippen LogP contribution in [0.5, 0.6) is 0 Å². The lowest BCUT2D eigenvalue weighted by molar-refractivity contribution is 1.64. The van der Waals surface area contributed by atoms with Gasteiger partial charge in [-0.05, 0) is 24.6 Å². The monoisotopic (exact) mass is 176 g/mol. The minimum absolute atomic E-state index is 1.14. The van der Waals surface area contributed by atoms with Gasteiger partial charge < -0.3 is 0 Å². The topological polar surface area (TPSA) is 0 Å². The number of hydrogen-bond acceptors (Lipinski definition) is 1. The second kappa shape index (κ2) is 4.07. The molecular formula is C11H12S. The molecule has 0 N–H and O–H groups in total. The standard InChI is InChI=1S/C11H12S/c1-4-6-10(5-2)11-8-7-9(3)12-11/h4-8H,1-2H2,3H3/b10-6+. The first kappa shape index (κ1) is 9.01. The molecular weight excluding hydrogens is 164 g/mol. The molecule has 0 nitrogen and oxygen atoms in total. The molecule has 0 aromatic carbocycles. The Balaban J connectivity index is 3.02. The van der Waals surface area contributed by atoms with Crippen molar-refractivity contribution in [2.45, 2.75) is 6.92 Å². The van der Waals surface area contributed by atoms with Crippen LogP contribution in [0.15, 0.2) is 43.5 Å². The maximum Gasteiger partial charge on any atom is 0.0345 e. The van der Waals surface area contributed by atoms with Gasteiger partial charge in [-0.25, -0.2) is 0 Å². The van der Waals surface area contributed by atoms with Crippen LogP contribution < -0.4 is 0 Å². The molecule has 0 aliphatic rings. The van der Waals surface area contributed by atoms with Crippen molar-refractivity contribution in [3.63, 3.8) is 0 Å². The molecule has 0 atom stereocenters. The van der Waals surface area contributed by atoms with Crippen molar-refractivity contribution in [2.24, 2.45) is 0 Å². The Morgan fingerprint density at radius 2 is 2.17 bits per heavy atom. The van der Waals surface area contributed by atoms with Gasteiger partial charge in [0.15, 0.2) is 0 Å². The zero-order chi connectivity index (χ0) is 8.97. The molecule has 0 saturated carbocycles. The van der Waals surface area contributed by atoms with Crippen LogP contribution in [0.25, 0.3) is 5.57 Å². The second-order valence-electron chi connectivity index (χ2n) is 2.47. The van der Waals surface area contributed by atoms with E-state index in [1.54, 1.807) is 17.4 Å². The number of hydrogen-bond donors (Lipinski definition) is 0. The number of allylic oxidation sites excluding steroid dienone is 4. The van der Waals surface area contributed by atoms with Crippen LogP contribution in [0.2, 0.25) is 0 Å². The first-order valence-electron chi connectivity index (χ1n) is 3.80. The van der Waals surface area contributed by atoms with E-state index in [-0.39, 0.29) is 0 Å². The van der Waals surface area contributed by atoms with Gasteiger partial charge in [-0.15, -0.1) is 11.3 Å². The third kappa shape index (κ3) is 1.95. The molecule has 0 radical (unpaired) electrons. The second-order valence-corrected chi connectivity index (χ2v) is 3.76. The third-order valence-electron chi connectivity index (χ3n) is 1.54. The Hall–Kier alpha value is -1.08. The molecule has 0 spiro atoms. The predicted octanol–water partition coefficient (Wildman–Crippen LogP) is 3.81. The van der Waals surface area contributed by atoms with Crippen molar-refractivity contribution in [2.75, 3.05) is 0 Å². The molecule has 1 heteroatoms. The van der Waals surface area contributed by atoms with E-state index in [0.717, 1.165) is 5.57 Å². The molecule has 1 aromatic heterocycles. The normalized spacial score (nSPS) is 11.2. The van der Waals surface area contributed by atoms with Crippen LogP contribution in [-0.2, 0) is 0 Å². The summed E-state index contributed by atoms with van der Waals surface area (Å²) in [4.78, 5) is 2.57. The first-order valence-corrected chi connectivity index (χ1v) is 4.61. The summed E-state index contributed by atoms with van der Waals surface area (Å²) in [5, 5.41) is 0. The average molecular weight is 176 g/mol. The van der Waals surface area contributed by atoms with Crippen molar-refractivity contribution in [3.8, 4) is 0 Å². The lowest BCUT2D eigenvalue weighted by Gasteiger charge is -1.93. The maximum atomic E-state index is 3.76. The number of rotatable bonds is 3. The van der Waals surface area contributed by atoms with Crippen molar-refractivity contribution in [1.82, 2.24) is 0 Å². The van der Waals surface area contributed by atoms with E-state index in [4.69, 9.17) is 0 Å². The predicted molar refractivity (Wildman–Crippen MR) is 57.4 cm³/mol. The van der Waals surface area contributed by atoms with Crippen molar-refractivity contribution in [1.29, 1.82) is 0 Å². The van der Waals surface area contributed by atoms with Gasteiger partial charge in [0.2, 0.25) is 0 Å². The molecule has 12 heavy (non-hydrogen) atoms. The van der Waals surface area contributed by atoms with E-state index in [9.17, 15) is 0 Å². The van der Waals surface area contributed by atoms with Crippen molar-refractivity contribution >= 4 is 16.9 Å². The third-order valence-corrected chi connectivity index (χ3v) is 2.59. The fourth-order valence-electron chi connectivity index (χ4n) is 0.967. The molecule has 62 valence electrons. The highest BCUT2D eigenvalue weighted by Crippen LogP contribution is 2.24. The van der Waals surface area contributed by atoms with Crippen LogP contribution in [0.4, 0.5) is 0 Å². The smallest absolute Gasteiger partial charge is 0.0345 e. The summed E-state index contributed by atoms with van der Waals surface area (Å²) in [7, 11) is 0. The molecule has 0 amide bonds. The van der Waals surface area contributed by atoms with Gasteiger partial charge in [0.1, 0.15) is 0 Å². The Morgan fingerprint density at radius 1 is 1.42 bits per heavy atom. The summed E-state index contributed by atoms with van der Waals surface area (Å²) < 4.78 is 0. The minimum Gasteiger partial charge on any atom is -0.141 e. The van der Waals surface area contributed by atoms with Gasteiger partial charge in [0.05, 0.1) is 0 Å². The quantitative estimate of drug-likeness (QED) is 0.614. The highest BCUT2D eigenvalue weighted by Gasteiger charge is 1.98. The Bertz CT molecular complexity index is 316. The van der Waals surface area contributed by atoms with Gasteiger partial charge in [0, 0.05) is 9.75 Å². The Labute approximate surface area is 77.6 Å². The zero-order valence-corrected chi connectivity index (χ0v) is 8.03.